The van der Waals surface area contributed by atoms with Gasteiger partial charge in [0.2, 0.25) is 0 Å². The second-order valence-electron chi connectivity index (χ2n) is 5.41. The summed E-state index contributed by atoms with van der Waals surface area (Å²) in [6.07, 6.45) is 1.68. The molecule has 3 rings (SSSR count). The molecule has 0 atom stereocenters. The fraction of sp³-hybridized carbons (Fsp3) is 0.294. The van der Waals surface area contributed by atoms with E-state index in [0.717, 1.165) is 43.2 Å². The SMILES string of the molecule is CC(=O)c1ccc(N2CCN(c3ccc(Cl)cn3)CC2)cc1. The van der Waals surface area contributed by atoms with Crippen LogP contribution in [0.3, 0.4) is 0 Å². The number of halogens is 1. The highest BCUT2D eigenvalue weighted by Crippen LogP contribution is 2.20. The number of piperazine rings is 1. The predicted molar refractivity (Wildman–Crippen MR) is 90.1 cm³/mol. The molecule has 22 heavy (non-hydrogen) atoms. The average Bonchev–Trinajstić information content (AvgIpc) is 2.56. The van der Waals surface area contributed by atoms with Crippen molar-refractivity contribution < 1.29 is 4.79 Å². The largest absolute Gasteiger partial charge is 0.368 e. The maximum Gasteiger partial charge on any atom is 0.159 e. The number of ketones is 1. The molecule has 4 nitrogen and oxygen atoms in total. The van der Waals surface area contributed by atoms with Gasteiger partial charge in [-0.3, -0.25) is 4.79 Å². The fourth-order valence-electron chi connectivity index (χ4n) is 2.66. The molecule has 1 aliphatic rings. The van der Waals surface area contributed by atoms with Gasteiger partial charge in [0.1, 0.15) is 5.82 Å². The highest BCUT2D eigenvalue weighted by Gasteiger charge is 2.18. The molecule has 0 N–H and O–H groups in total. The number of carbonyl (C=O) groups is 1. The van der Waals surface area contributed by atoms with Crippen molar-refractivity contribution in [1.82, 2.24) is 4.98 Å². The highest BCUT2D eigenvalue weighted by atomic mass is 35.5. The van der Waals surface area contributed by atoms with Gasteiger partial charge in [-0.15, -0.1) is 0 Å². The van der Waals surface area contributed by atoms with E-state index in [2.05, 4.69) is 14.8 Å². The van der Waals surface area contributed by atoms with Gasteiger partial charge >= 0.3 is 0 Å². The zero-order chi connectivity index (χ0) is 15.5. The van der Waals surface area contributed by atoms with E-state index in [0.29, 0.717) is 5.02 Å². The van der Waals surface area contributed by atoms with E-state index < -0.39 is 0 Å². The van der Waals surface area contributed by atoms with Crippen LogP contribution in [-0.4, -0.2) is 36.9 Å². The van der Waals surface area contributed by atoms with Gasteiger partial charge in [-0.2, -0.15) is 0 Å². The summed E-state index contributed by atoms with van der Waals surface area (Å²) in [5.74, 6) is 1.07. The molecule has 114 valence electrons. The molecule has 1 saturated heterocycles. The molecule has 0 saturated carbocycles. The smallest absolute Gasteiger partial charge is 0.159 e. The molecule has 0 unspecified atom stereocenters. The predicted octanol–water partition coefficient (Wildman–Crippen LogP) is 3.26. The third-order valence-corrected chi connectivity index (χ3v) is 4.18. The first-order valence-electron chi connectivity index (χ1n) is 7.36. The van der Waals surface area contributed by atoms with E-state index in [4.69, 9.17) is 11.6 Å². The van der Waals surface area contributed by atoms with Gasteiger partial charge in [0, 0.05) is 43.6 Å². The Hall–Kier alpha value is -2.07. The lowest BCUT2D eigenvalue weighted by molar-refractivity contribution is 0.101. The van der Waals surface area contributed by atoms with E-state index in [1.807, 2.05) is 36.4 Å². The Labute approximate surface area is 135 Å². The summed E-state index contributed by atoms with van der Waals surface area (Å²) in [5.41, 5.74) is 1.92. The standard InChI is InChI=1S/C17H18ClN3O/c1-13(22)14-2-5-16(6-3-14)20-8-10-21(11-9-20)17-7-4-15(18)12-19-17/h2-7,12H,8-11H2,1H3. The molecule has 2 heterocycles. The minimum Gasteiger partial charge on any atom is -0.368 e. The van der Waals surface area contributed by atoms with Crippen LogP contribution in [-0.2, 0) is 0 Å². The molecule has 5 heteroatoms. The van der Waals surface area contributed by atoms with Crippen LogP contribution in [0.4, 0.5) is 11.5 Å². The zero-order valence-electron chi connectivity index (χ0n) is 12.5. The van der Waals surface area contributed by atoms with Crippen LogP contribution in [0.5, 0.6) is 0 Å². The number of nitrogens with zero attached hydrogens (tertiary/aromatic N) is 3. The van der Waals surface area contributed by atoms with Gasteiger partial charge in [0.25, 0.3) is 0 Å². The molecule has 0 spiro atoms. The summed E-state index contributed by atoms with van der Waals surface area (Å²) in [6, 6.07) is 11.7. The Morgan fingerprint density at radius 3 is 2.18 bits per heavy atom. The Kier molecular flexibility index (Phi) is 4.29. The molecule has 1 aliphatic heterocycles. The second kappa shape index (κ2) is 6.36. The van der Waals surface area contributed by atoms with Crippen molar-refractivity contribution in [2.75, 3.05) is 36.0 Å². The first-order valence-corrected chi connectivity index (χ1v) is 7.74. The van der Waals surface area contributed by atoms with Crippen molar-refractivity contribution in [2.24, 2.45) is 0 Å². The van der Waals surface area contributed by atoms with E-state index in [-0.39, 0.29) is 5.78 Å². The lowest BCUT2D eigenvalue weighted by Gasteiger charge is -2.36. The molecule has 1 aromatic carbocycles. The van der Waals surface area contributed by atoms with Crippen molar-refractivity contribution in [2.45, 2.75) is 6.92 Å². The van der Waals surface area contributed by atoms with Gasteiger partial charge in [-0.05, 0) is 43.3 Å². The molecule has 0 bridgehead atoms. The lowest BCUT2D eigenvalue weighted by atomic mass is 10.1. The number of anilines is 2. The summed E-state index contributed by atoms with van der Waals surface area (Å²) in [6.45, 7) is 5.30. The first kappa shape index (κ1) is 14.9. The van der Waals surface area contributed by atoms with Crippen LogP contribution in [0.25, 0.3) is 0 Å². The van der Waals surface area contributed by atoms with Crippen molar-refractivity contribution >= 4 is 28.9 Å². The number of Topliss-reactive ketones (excluding diaryl/α,β-unsaturated/α-hetero) is 1. The van der Waals surface area contributed by atoms with Crippen molar-refractivity contribution in [3.8, 4) is 0 Å². The first-order chi connectivity index (χ1) is 10.6. The second-order valence-corrected chi connectivity index (χ2v) is 5.85. The maximum absolute atomic E-state index is 11.3. The van der Waals surface area contributed by atoms with Gasteiger partial charge in [0.15, 0.2) is 5.78 Å². The summed E-state index contributed by atoms with van der Waals surface area (Å²) >= 11 is 5.88. The number of rotatable bonds is 3. The fourth-order valence-corrected chi connectivity index (χ4v) is 2.77. The van der Waals surface area contributed by atoms with E-state index >= 15 is 0 Å². The normalized spacial score (nSPS) is 15.0. The topological polar surface area (TPSA) is 36.4 Å². The Balaban J connectivity index is 1.63. The van der Waals surface area contributed by atoms with Crippen LogP contribution < -0.4 is 9.80 Å². The van der Waals surface area contributed by atoms with Crippen molar-refractivity contribution in [1.29, 1.82) is 0 Å². The molecule has 1 aromatic heterocycles. The van der Waals surface area contributed by atoms with Gasteiger partial charge in [0.05, 0.1) is 5.02 Å². The van der Waals surface area contributed by atoms with E-state index in [1.165, 1.54) is 0 Å². The number of aromatic nitrogens is 1. The Morgan fingerprint density at radius 1 is 1.00 bits per heavy atom. The monoisotopic (exact) mass is 315 g/mol. The average molecular weight is 316 g/mol. The van der Waals surface area contributed by atoms with Crippen LogP contribution >= 0.6 is 11.6 Å². The highest BCUT2D eigenvalue weighted by molar-refractivity contribution is 6.30. The quantitative estimate of drug-likeness (QED) is 0.815. The lowest BCUT2D eigenvalue weighted by Crippen LogP contribution is -2.46. The third kappa shape index (κ3) is 3.22. The van der Waals surface area contributed by atoms with Gasteiger partial charge < -0.3 is 9.80 Å². The number of hydrogen-bond acceptors (Lipinski definition) is 4. The van der Waals surface area contributed by atoms with Gasteiger partial charge in [-0.1, -0.05) is 11.6 Å². The molecular formula is C17H18ClN3O. The van der Waals surface area contributed by atoms with Crippen LogP contribution in [0.1, 0.15) is 17.3 Å². The maximum atomic E-state index is 11.3. The summed E-state index contributed by atoms with van der Waals surface area (Å²) in [4.78, 5) is 20.3. The summed E-state index contributed by atoms with van der Waals surface area (Å²) in [5, 5.41) is 0.660. The molecule has 1 fully saturated rings. The molecule has 0 radical (unpaired) electrons. The summed E-state index contributed by atoms with van der Waals surface area (Å²) < 4.78 is 0. The Bertz CT molecular complexity index is 647. The zero-order valence-corrected chi connectivity index (χ0v) is 13.3. The molecule has 0 amide bonds. The van der Waals surface area contributed by atoms with E-state index in [9.17, 15) is 4.79 Å². The number of pyridine rings is 1. The van der Waals surface area contributed by atoms with Gasteiger partial charge in [-0.25, -0.2) is 4.98 Å². The number of hydrogen-bond donors (Lipinski definition) is 0. The van der Waals surface area contributed by atoms with Crippen LogP contribution in [0.15, 0.2) is 42.6 Å². The minimum atomic E-state index is 0.102. The summed E-state index contributed by atoms with van der Waals surface area (Å²) in [7, 11) is 0. The van der Waals surface area contributed by atoms with Crippen LogP contribution in [0.2, 0.25) is 5.02 Å². The van der Waals surface area contributed by atoms with E-state index in [1.54, 1.807) is 13.1 Å². The van der Waals surface area contributed by atoms with Crippen molar-refractivity contribution in [3.63, 3.8) is 0 Å². The molecular weight excluding hydrogens is 298 g/mol. The molecule has 2 aromatic rings. The molecule has 0 aliphatic carbocycles. The number of benzene rings is 1. The number of carbonyl (C=O) groups excluding carboxylic acids is 1. The van der Waals surface area contributed by atoms with Crippen molar-refractivity contribution in [3.05, 3.63) is 53.2 Å². The Morgan fingerprint density at radius 2 is 1.64 bits per heavy atom. The van der Waals surface area contributed by atoms with Crippen LogP contribution in [0, 0.1) is 0 Å². The third-order valence-electron chi connectivity index (χ3n) is 3.95. The minimum absolute atomic E-state index is 0.102.